The molecule has 1 aromatic rings. The molecule has 0 amide bonds. The van der Waals surface area contributed by atoms with Gasteiger partial charge in [-0.2, -0.15) is 0 Å². The van der Waals surface area contributed by atoms with E-state index in [0.29, 0.717) is 12.5 Å². The van der Waals surface area contributed by atoms with Gasteiger partial charge in [0, 0.05) is 36.8 Å². The first-order valence-corrected chi connectivity index (χ1v) is 5.44. The third kappa shape index (κ3) is 2.07. The Labute approximate surface area is 81.9 Å². The fourth-order valence-electron chi connectivity index (χ4n) is 1.55. The van der Waals surface area contributed by atoms with Crippen LogP contribution in [0.3, 0.4) is 0 Å². The van der Waals surface area contributed by atoms with Crippen LogP contribution in [-0.4, -0.2) is 18.2 Å². The first-order chi connectivity index (χ1) is 6.40. The highest BCUT2D eigenvalue weighted by Crippen LogP contribution is 2.29. The second-order valence-corrected chi connectivity index (χ2v) is 4.40. The van der Waals surface area contributed by atoms with E-state index in [4.69, 9.17) is 10.5 Å². The lowest BCUT2D eigenvalue weighted by Gasteiger charge is -2.19. The Balaban J connectivity index is 2.05. The monoisotopic (exact) mass is 198 g/mol. The molecule has 2 heterocycles. The van der Waals surface area contributed by atoms with Crippen LogP contribution in [0.1, 0.15) is 28.6 Å². The molecule has 0 aromatic carbocycles. The summed E-state index contributed by atoms with van der Waals surface area (Å²) in [5, 5.41) is 1.24. The standard InChI is InChI=1S/C9H14N2OS/c10-5-8-6-11-9(13-8)7-1-3-12-4-2-7/h6-7H,1-5,10H2. The Morgan fingerprint density at radius 2 is 2.31 bits per heavy atom. The molecule has 4 heteroatoms. The average molecular weight is 198 g/mol. The van der Waals surface area contributed by atoms with Crippen molar-refractivity contribution in [2.45, 2.75) is 25.3 Å². The smallest absolute Gasteiger partial charge is 0.0960 e. The maximum Gasteiger partial charge on any atom is 0.0960 e. The number of hydrogen-bond acceptors (Lipinski definition) is 4. The van der Waals surface area contributed by atoms with E-state index in [-0.39, 0.29) is 0 Å². The molecule has 2 N–H and O–H groups in total. The Morgan fingerprint density at radius 3 is 2.92 bits per heavy atom. The minimum Gasteiger partial charge on any atom is -0.381 e. The molecule has 0 radical (unpaired) electrons. The maximum absolute atomic E-state index is 5.54. The van der Waals surface area contributed by atoms with E-state index >= 15 is 0 Å². The Bertz CT molecular complexity index is 268. The first kappa shape index (κ1) is 9.12. The van der Waals surface area contributed by atoms with Gasteiger partial charge in [-0.15, -0.1) is 11.3 Å². The summed E-state index contributed by atoms with van der Waals surface area (Å²) < 4.78 is 5.31. The van der Waals surface area contributed by atoms with Crippen molar-refractivity contribution >= 4 is 11.3 Å². The summed E-state index contributed by atoms with van der Waals surface area (Å²) in [6.07, 6.45) is 4.12. The molecule has 1 fully saturated rings. The third-order valence-corrected chi connectivity index (χ3v) is 3.53. The molecule has 1 aromatic heterocycles. The van der Waals surface area contributed by atoms with E-state index in [2.05, 4.69) is 4.98 Å². The topological polar surface area (TPSA) is 48.1 Å². The predicted octanol–water partition coefficient (Wildman–Crippen LogP) is 1.50. The van der Waals surface area contributed by atoms with E-state index in [0.717, 1.165) is 26.1 Å². The molecular formula is C9H14N2OS. The molecule has 0 unspecified atom stereocenters. The number of aromatic nitrogens is 1. The van der Waals surface area contributed by atoms with Gasteiger partial charge < -0.3 is 10.5 Å². The van der Waals surface area contributed by atoms with Crippen LogP contribution in [0.25, 0.3) is 0 Å². The summed E-state index contributed by atoms with van der Waals surface area (Å²) in [6, 6.07) is 0. The summed E-state index contributed by atoms with van der Waals surface area (Å²) >= 11 is 1.75. The molecule has 0 saturated carbocycles. The van der Waals surface area contributed by atoms with Crippen molar-refractivity contribution in [3.05, 3.63) is 16.1 Å². The van der Waals surface area contributed by atoms with Gasteiger partial charge in [-0.1, -0.05) is 0 Å². The van der Waals surface area contributed by atoms with Crippen molar-refractivity contribution in [3.8, 4) is 0 Å². The third-order valence-electron chi connectivity index (χ3n) is 2.34. The van der Waals surface area contributed by atoms with Crippen molar-refractivity contribution in [1.29, 1.82) is 0 Å². The lowest BCUT2D eigenvalue weighted by atomic mass is 10.0. The molecule has 72 valence electrons. The highest BCUT2D eigenvalue weighted by Gasteiger charge is 2.18. The summed E-state index contributed by atoms with van der Waals surface area (Å²) in [5.74, 6) is 0.610. The van der Waals surface area contributed by atoms with Crippen molar-refractivity contribution in [2.75, 3.05) is 13.2 Å². The van der Waals surface area contributed by atoms with Gasteiger partial charge >= 0.3 is 0 Å². The quantitative estimate of drug-likeness (QED) is 0.783. The van der Waals surface area contributed by atoms with Gasteiger partial charge in [-0.25, -0.2) is 4.98 Å². The van der Waals surface area contributed by atoms with Crippen LogP contribution in [0.2, 0.25) is 0 Å². The Kier molecular flexibility index (Phi) is 2.93. The molecule has 0 spiro atoms. The number of thiazole rings is 1. The van der Waals surface area contributed by atoms with Gasteiger partial charge in [0.25, 0.3) is 0 Å². The SMILES string of the molecule is NCc1cnc(C2CCOCC2)s1. The van der Waals surface area contributed by atoms with Crippen molar-refractivity contribution in [3.63, 3.8) is 0 Å². The maximum atomic E-state index is 5.54. The Morgan fingerprint density at radius 1 is 1.54 bits per heavy atom. The molecule has 1 aliphatic heterocycles. The average Bonchev–Trinajstić information content (AvgIpc) is 2.67. The lowest BCUT2D eigenvalue weighted by molar-refractivity contribution is 0.0853. The van der Waals surface area contributed by atoms with Gasteiger partial charge in [-0.05, 0) is 12.8 Å². The Hall–Kier alpha value is -0.450. The van der Waals surface area contributed by atoms with Gasteiger partial charge in [0.1, 0.15) is 0 Å². The number of nitrogens with two attached hydrogens (primary N) is 1. The van der Waals surface area contributed by atoms with Crippen LogP contribution in [-0.2, 0) is 11.3 Å². The fraction of sp³-hybridized carbons (Fsp3) is 0.667. The zero-order chi connectivity index (χ0) is 9.10. The highest BCUT2D eigenvalue weighted by molar-refractivity contribution is 7.11. The van der Waals surface area contributed by atoms with Crippen molar-refractivity contribution < 1.29 is 4.74 Å². The number of nitrogens with zero attached hydrogens (tertiary/aromatic N) is 1. The number of hydrogen-bond donors (Lipinski definition) is 1. The summed E-state index contributed by atoms with van der Waals surface area (Å²) in [4.78, 5) is 5.58. The van der Waals surface area contributed by atoms with E-state index in [1.54, 1.807) is 11.3 Å². The van der Waals surface area contributed by atoms with Gasteiger partial charge in [0.15, 0.2) is 0 Å². The number of ether oxygens (including phenoxy) is 1. The van der Waals surface area contributed by atoms with Crippen LogP contribution in [0.15, 0.2) is 6.20 Å². The molecule has 0 bridgehead atoms. The summed E-state index contributed by atoms with van der Waals surface area (Å²) in [5.41, 5.74) is 5.54. The van der Waals surface area contributed by atoms with Crippen LogP contribution >= 0.6 is 11.3 Å². The summed E-state index contributed by atoms with van der Waals surface area (Å²) in [7, 11) is 0. The van der Waals surface area contributed by atoms with Crippen LogP contribution in [0.5, 0.6) is 0 Å². The zero-order valence-corrected chi connectivity index (χ0v) is 8.35. The molecule has 1 aliphatic rings. The molecule has 2 rings (SSSR count). The van der Waals surface area contributed by atoms with E-state index in [1.165, 1.54) is 9.88 Å². The minimum absolute atomic E-state index is 0.610. The van der Waals surface area contributed by atoms with E-state index < -0.39 is 0 Å². The first-order valence-electron chi connectivity index (χ1n) is 4.62. The van der Waals surface area contributed by atoms with E-state index in [1.807, 2.05) is 6.20 Å². The van der Waals surface area contributed by atoms with Crippen LogP contribution in [0, 0.1) is 0 Å². The largest absolute Gasteiger partial charge is 0.381 e. The molecule has 1 saturated heterocycles. The van der Waals surface area contributed by atoms with E-state index in [9.17, 15) is 0 Å². The number of rotatable bonds is 2. The molecule has 0 aliphatic carbocycles. The second kappa shape index (κ2) is 4.17. The molecule has 13 heavy (non-hydrogen) atoms. The lowest BCUT2D eigenvalue weighted by Crippen LogP contribution is -2.13. The predicted molar refractivity (Wildman–Crippen MR) is 52.8 cm³/mol. The van der Waals surface area contributed by atoms with Gasteiger partial charge in [0.2, 0.25) is 0 Å². The molecule has 0 atom stereocenters. The van der Waals surface area contributed by atoms with Crippen LogP contribution in [0.4, 0.5) is 0 Å². The molecular weight excluding hydrogens is 184 g/mol. The normalized spacial score (nSPS) is 19.2. The fourth-order valence-corrected chi connectivity index (χ4v) is 2.52. The molecule has 3 nitrogen and oxygen atoms in total. The van der Waals surface area contributed by atoms with Gasteiger partial charge in [-0.3, -0.25) is 0 Å². The summed E-state index contributed by atoms with van der Waals surface area (Å²) in [6.45, 7) is 2.37. The van der Waals surface area contributed by atoms with Crippen LogP contribution < -0.4 is 5.73 Å². The zero-order valence-electron chi connectivity index (χ0n) is 7.53. The second-order valence-electron chi connectivity index (χ2n) is 3.26. The highest BCUT2D eigenvalue weighted by atomic mass is 32.1. The van der Waals surface area contributed by atoms with Gasteiger partial charge in [0.05, 0.1) is 5.01 Å². The van der Waals surface area contributed by atoms with Crippen molar-refractivity contribution in [2.24, 2.45) is 5.73 Å². The minimum atomic E-state index is 0.610. The van der Waals surface area contributed by atoms with Crippen molar-refractivity contribution in [1.82, 2.24) is 4.98 Å².